The number of hydrogen-bond donors (Lipinski definition) is 1. The van der Waals surface area contributed by atoms with Gasteiger partial charge in [0, 0.05) is 0 Å². The summed E-state index contributed by atoms with van der Waals surface area (Å²) in [5.41, 5.74) is -0.638. The highest BCUT2D eigenvalue weighted by atomic mass is 16.3. The standard InChI is InChI=1S/C7H6N2O3/c1-2-3-8-4-6(11)9(5-10)7(8)12/h1,4-5,11H,3H2. The Balaban J connectivity index is 3.29. The molecule has 0 aromatic carbocycles. The normalized spacial score (nSPS) is 9.25. The SMILES string of the molecule is C#CCn1cc(O)n(C=O)c1=O. The lowest BCUT2D eigenvalue weighted by molar-refractivity contribution is 0.438. The molecule has 1 aromatic heterocycles. The third-order valence-corrected chi connectivity index (χ3v) is 1.34. The number of imidazole rings is 1. The molecule has 0 bridgehead atoms. The van der Waals surface area contributed by atoms with Crippen LogP contribution in [0.2, 0.25) is 0 Å². The molecule has 5 heteroatoms. The molecule has 0 aliphatic heterocycles. The van der Waals surface area contributed by atoms with Gasteiger partial charge in [0.1, 0.15) is 0 Å². The van der Waals surface area contributed by atoms with Crippen molar-refractivity contribution in [3.8, 4) is 18.2 Å². The van der Waals surface area contributed by atoms with Gasteiger partial charge >= 0.3 is 5.69 Å². The smallest absolute Gasteiger partial charge is 0.338 e. The second-order valence-corrected chi connectivity index (χ2v) is 2.08. The van der Waals surface area contributed by atoms with Crippen LogP contribution in [0.15, 0.2) is 11.0 Å². The second-order valence-electron chi connectivity index (χ2n) is 2.08. The van der Waals surface area contributed by atoms with Gasteiger partial charge < -0.3 is 5.11 Å². The minimum absolute atomic E-state index is 0.0350. The van der Waals surface area contributed by atoms with E-state index in [4.69, 9.17) is 11.5 Å². The molecule has 1 rings (SSSR count). The molecule has 62 valence electrons. The van der Waals surface area contributed by atoms with E-state index in [-0.39, 0.29) is 13.0 Å². The van der Waals surface area contributed by atoms with Crippen LogP contribution in [0.1, 0.15) is 0 Å². The zero-order valence-corrected chi connectivity index (χ0v) is 6.10. The van der Waals surface area contributed by atoms with Crippen molar-refractivity contribution in [3.63, 3.8) is 0 Å². The predicted molar refractivity (Wildman–Crippen MR) is 41.3 cm³/mol. The Hall–Kier alpha value is -1.96. The van der Waals surface area contributed by atoms with Gasteiger partial charge in [0.25, 0.3) is 0 Å². The maximum absolute atomic E-state index is 11.0. The van der Waals surface area contributed by atoms with Crippen LogP contribution in [-0.2, 0) is 11.3 Å². The molecule has 0 saturated carbocycles. The van der Waals surface area contributed by atoms with Crippen LogP contribution in [0.25, 0.3) is 0 Å². The number of aromatic nitrogens is 2. The fourth-order valence-electron chi connectivity index (χ4n) is 0.804. The van der Waals surface area contributed by atoms with Gasteiger partial charge in [0.2, 0.25) is 12.3 Å². The Labute approximate surface area is 67.9 Å². The molecular weight excluding hydrogens is 160 g/mol. The summed E-state index contributed by atoms with van der Waals surface area (Å²) in [6, 6.07) is 0. The van der Waals surface area contributed by atoms with Crippen molar-refractivity contribution in [2.45, 2.75) is 6.54 Å². The first kappa shape index (κ1) is 8.14. The van der Waals surface area contributed by atoms with E-state index < -0.39 is 11.6 Å². The number of carbonyl (C=O) groups excluding carboxylic acids is 1. The van der Waals surface area contributed by atoms with Crippen molar-refractivity contribution in [1.29, 1.82) is 0 Å². The molecule has 1 aromatic rings. The van der Waals surface area contributed by atoms with Crippen molar-refractivity contribution in [3.05, 3.63) is 16.7 Å². The van der Waals surface area contributed by atoms with Crippen LogP contribution < -0.4 is 5.69 Å². The largest absolute Gasteiger partial charge is 0.493 e. The van der Waals surface area contributed by atoms with E-state index in [2.05, 4.69) is 5.92 Å². The van der Waals surface area contributed by atoms with Crippen LogP contribution >= 0.6 is 0 Å². The van der Waals surface area contributed by atoms with Crippen LogP contribution in [0.5, 0.6) is 5.88 Å². The summed E-state index contributed by atoms with van der Waals surface area (Å²) in [6.45, 7) is 0.0350. The third-order valence-electron chi connectivity index (χ3n) is 1.34. The molecule has 0 atom stereocenters. The average Bonchev–Trinajstić information content (AvgIpc) is 2.29. The average molecular weight is 166 g/mol. The van der Waals surface area contributed by atoms with E-state index in [1.165, 1.54) is 0 Å². The molecule has 12 heavy (non-hydrogen) atoms. The Kier molecular flexibility index (Phi) is 2.01. The predicted octanol–water partition coefficient (Wildman–Crippen LogP) is -0.973. The molecule has 0 spiro atoms. The van der Waals surface area contributed by atoms with Gasteiger partial charge in [-0.05, 0) is 0 Å². The molecule has 0 aliphatic rings. The number of rotatable bonds is 2. The van der Waals surface area contributed by atoms with E-state index in [0.29, 0.717) is 4.57 Å². The minimum Gasteiger partial charge on any atom is -0.493 e. The van der Waals surface area contributed by atoms with Gasteiger partial charge in [-0.1, -0.05) is 5.92 Å². The number of terminal acetylenes is 1. The van der Waals surface area contributed by atoms with Gasteiger partial charge in [0.15, 0.2) is 0 Å². The zero-order chi connectivity index (χ0) is 9.14. The highest BCUT2D eigenvalue weighted by Crippen LogP contribution is 2.01. The lowest BCUT2D eigenvalue weighted by atomic mass is 10.6. The number of aromatic hydroxyl groups is 1. The highest BCUT2D eigenvalue weighted by Gasteiger charge is 2.07. The van der Waals surface area contributed by atoms with Gasteiger partial charge in [-0.25, -0.2) is 9.36 Å². The van der Waals surface area contributed by atoms with Crippen molar-refractivity contribution in [2.24, 2.45) is 0 Å². The number of carbonyl (C=O) groups is 1. The van der Waals surface area contributed by atoms with Gasteiger partial charge in [0.05, 0.1) is 12.7 Å². The van der Waals surface area contributed by atoms with Crippen LogP contribution in [-0.4, -0.2) is 20.7 Å². The minimum atomic E-state index is -0.638. The molecule has 5 nitrogen and oxygen atoms in total. The Morgan fingerprint density at radius 1 is 1.75 bits per heavy atom. The number of nitrogens with zero attached hydrogens (tertiary/aromatic N) is 2. The quantitative estimate of drug-likeness (QED) is 0.454. The van der Waals surface area contributed by atoms with Crippen molar-refractivity contribution in [1.82, 2.24) is 9.13 Å². The van der Waals surface area contributed by atoms with Crippen molar-refractivity contribution in [2.75, 3.05) is 0 Å². The molecule has 1 N–H and O–H groups in total. The molecule has 1 heterocycles. The second kappa shape index (κ2) is 2.96. The molecule has 0 radical (unpaired) electrons. The summed E-state index contributed by atoms with van der Waals surface area (Å²) in [6.07, 6.45) is 6.28. The topological polar surface area (TPSA) is 64.2 Å². The molecule has 0 fully saturated rings. The van der Waals surface area contributed by atoms with E-state index in [1.54, 1.807) is 0 Å². The first-order chi connectivity index (χ1) is 5.70. The van der Waals surface area contributed by atoms with Gasteiger partial charge in [-0.3, -0.25) is 9.36 Å². The fourth-order valence-corrected chi connectivity index (χ4v) is 0.804. The Bertz CT molecular complexity index is 394. The first-order valence-electron chi connectivity index (χ1n) is 3.10. The summed E-state index contributed by atoms with van der Waals surface area (Å²) in [5, 5.41) is 8.98. The Morgan fingerprint density at radius 3 is 2.83 bits per heavy atom. The van der Waals surface area contributed by atoms with Crippen LogP contribution in [0.4, 0.5) is 0 Å². The number of hydrogen-bond acceptors (Lipinski definition) is 3. The summed E-state index contributed by atoms with van der Waals surface area (Å²) in [4.78, 5) is 21.3. The summed E-state index contributed by atoms with van der Waals surface area (Å²) >= 11 is 0. The third kappa shape index (κ3) is 1.10. The highest BCUT2D eigenvalue weighted by molar-refractivity contribution is 5.54. The lowest BCUT2D eigenvalue weighted by Gasteiger charge is -1.88. The maximum atomic E-state index is 11.0. The first-order valence-corrected chi connectivity index (χ1v) is 3.10. The van der Waals surface area contributed by atoms with Gasteiger partial charge in [-0.2, -0.15) is 0 Å². The van der Waals surface area contributed by atoms with Crippen LogP contribution in [0.3, 0.4) is 0 Å². The molecule has 0 aliphatic carbocycles. The van der Waals surface area contributed by atoms with E-state index in [9.17, 15) is 9.59 Å². The molecule has 0 saturated heterocycles. The monoisotopic (exact) mass is 166 g/mol. The maximum Gasteiger partial charge on any atom is 0.338 e. The van der Waals surface area contributed by atoms with E-state index in [0.717, 1.165) is 10.8 Å². The molecular formula is C7H6N2O3. The zero-order valence-electron chi connectivity index (χ0n) is 6.10. The molecule has 0 amide bonds. The fraction of sp³-hybridized carbons (Fsp3) is 0.143. The summed E-state index contributed by atoms with van der Waals surface area (Å²) in [5.74, 6) is 1.80. The van der Waals surface area contributed by atoms with Crippen molar-refractivity contribution >= 4 is 6.41 Å². The van der Waals surface area contributed by atoms with E-state index in [1.807, 2.05) is 0 Å². The summed E-state index contributed by atoms with van der Waals surface area (Å²) in [7, 11) is 0. The van der Waals surface area contributed by atoms with Crippen LogP contribution in [0, 0.1) is 12.3 Å². The van der Waals surface area contributed by atoms with E-state index >= 15 is 0 Å². The lowest BCUT2D eigenvalue weighted by Crippen LogP contribution is -2.23. The summed E-state index contributed by atoms with van der Waals surface area (Å²) < 4.78 is 1.63. The molecule has 0 unspecified atom stereocenters. The van der Waals surface area contributed by atoms with Gasteiger partial charge in [-0.15, -0.1) is 6.42 Å². The Morgan fingerprint density at radius 2 is 2.42 bits per heavy atom. The van der Waals surface area contributed by atoms with Crippen molar-refractivity contribution < 1.29 is 9.90 Å².